The summed E-state index contributed by atoms with van der Waals surface area (Å²) < 4.78 is 0. The molecule has 0 saturated carbocycles. The molecule has 1 saturated heterocycles. The van der Waals surface area contributed by atoms with Crippen LogP contribution in [0.25, 0.3) is 0 Å². The molecule has 1 heterocycles. The van der Waals surface area contributed by atoms with Crippen LogP contribution in [0.1, 0.15) is 30.1 Å². The quantitative estimate of drug-likeness (QED) is 0.930. The summed E-state index contributed by atoms with van der Waals surface area (Å²) in [5, 5.41) is 3.46. The summed E-state index contributed by atoms with van der Waals surface area (Å²) in [5.74, 6) is 0.145. The zero-order chi connectivity index (χ0) is 14.5. The van der Waals surface area contributed by atoms with E-state index in [1.54, 1.807) is 29.2 Å². The van der Waals surface area contributed by atoms with Crippen LogP contribution in [0.5, 0.6) is 0 Å². The Morgan fingerprint density at radius 3 is 2.40 bits per heavy atom. The van der Waals surface area contributed by atoms with Gasteiger partial charge in [-0.1, -0.05) is 11.6 Å². The molecular weight excluding hydrogens is 276 g/mol. The number of benzene rings is 1. The lowest BCUT2D eigenvalue weighted by Gasteiger charge is -2.31. The van der Waals surface area contributed by atoms with Gasteiger partial charge in [0.1, 0.15) is 0 Å². The summed E-state index contributed by atoms with van der Waals surface area (Å²) in [6.45, 7) is 3.83. The SMILES string of the molecule is CCNC(=O)C1CCN(C(=O)c2ccc(Cl)cc2)CC1. The second kappa shape index (κ2) is 6.75. The van der Waals surface area contributed by atoms with E-state index in [1.165, 1.54) is 0 Å². The molecule has 0 aliphatic carbocycles. The molecule has 20 heavy (non-hydrogen) atoms. The number of halogens is 1. The molecule has 1 N–H and O–H groups in total. The Morgan fingerprint density at radius 2 is 1.85 bits per heavy atom. The minimum Gasteiger partial charge on any atom is -0.356 e. The molecule has 0 unspecified atom stereocenters. The third kappa shape index (κ3) is 3.51. The van der Waals surface area contributed by atoms with E-state index in [0.717, 1.165) is 12.8 Å². The number of piperidine rings is 1. The lowest BCUT2D eigenvalue weighted by atomic mass is 9.95. The first-order valence-electron chi connectivity index (χ1n) is 6.94. The largest absolute Gasteiger partial charge is 0.356 e. The van der Waals surface area contributed by atoms with Crippen molar-refractivity contribution in [1.82, 2.24) is 10.2 Å². The third-order valence-electron chi connectivity index (χ3n) is 3.60. The van der Waals surface area contributed by atoms with E-state index >= 15 is 0 Å². The predicted octanol–water partition coefficient (Wildman–Crippen LogP) is 2.33. The van der Waals surface area contributed by atoms with Crippen LogP contribution in [0.3, 0.4) is 0 Å². The highest BCUT2D eigenvalue weighted by Gasteiger charge is 2.27. The van der Waals surface area contributed by atoms with Crippen molar-refractivity contribution in [2.45, 2.75) is 19.8 Å². The summed E-state index contributed by atoms with van der Waals surface area (Å²) in [4.78, 5) is 25.9. The summed E-state index contributed by atoms with van der Waals surface area (Å²) in [7, 11) is 0. The van der Waals surface area contributed by atoms with Gasteiger partial charge in [-0.3, -0.25) is 9.59 Å². The topological polar surface area (TPSA) is 49.4 Å². The first-order valence-corrected chi connectivity index (χ1v) is 7.32. The first kappa shape index (κ1) is 14.9. The Morgan fingerprint density at radius 1 is 1.25 bits per heavy atom. The predicted molar refractivity (Wildman–Crippen MR) is 78.8 cm³/mol. The van der Waals surface area contributed by atoms with E-state index in [9.17, 15) is 9.59 Å². The fourth-order valence-electron chi connectivity index (χ4n) is 2.44. The molecule has 2 rings (SSSR count). The van der Waals surface area contributed by atoms with Crippen molar-refractivity contribution in [2.24, 2.45) is 5.92 Å². The van der Waals surface area contributed by atoms with Crippen LogP contribution >= 0.6 is 11.6 Å². The lowest BCUT2D eigenvalue weighted by molar-refractivity contribution is -0.126. The first-order chi connectivity index (χ1) is 9.61. The Bertz CT molecular complexity index is 479. The van der Waals surface area contributed by atoms with E-state index in [0.29, 0.717) is 30.2 Å². The highest BCUT2D eigenvalue weighted by Crippen LogP contribution is 2.20. The van der Waals surface area contributed by atoms with Gasteiger partial charge in [-0.25, -0.2) is 0 Å². The van der Waals surface area contributed by atoms with E-state index in [1.807, 2.05) is 6.92 Å². The van der Waals surface area contributed by atoms with Crippen molar-refractivity contribution in [1.29, 1.82) is 0 Å². The van der Waals surface area contributed by atoms with E-state index in [-0.39, 0.29) is 17.7 Å². The van der Waals surface area contributed by atoms with E-state index in [2.05, 4.69) is 5.32 Å². The minimum atomic E-state index is 0.0102. The third-order valence-corrected chi connectivity index (χ3v) is 3.85. The van der Waals surface area contributed by atoms with Crippen molar-refractivity contribution in [2.75, 3.05) is 19.6 Å². The van der Waals surface area contributed by atoms with Crippen LogP contribution in [0, 0.1) is 5.92 Å². The summed E-state index contributed by atoms with van der Waals surface area (Å²) in [6, 6.07) is 6.91. The molecule has 0 bridgehead atoms. The van der Waals surface area contributed by atoms with Crippen LogP contribution in [-0.2, 0) is 4.79 Å². The normalized spacial score (nSPS) is 16.0. The summed E-state index contributed by atoms with van der Waals surface area (Å²) in [6.07, 6.45) is 1.45. The van der Waals surface area contributed by atoms with Crippen molar-refractivity contribution < 1.29 is 9.59 Å². The number of hydrogen-bond acceptors (Lipinski definition) is 2. The van der Waals surface area contributed by atoms with Gasteiger partial charge in [-0.15, -0.1) is 0 Å². The molecule has 0 aromatic heterocycles. The van der Waals surface area contributed by atoms with Crippen molar-refractivity contribution >= 4 is 23.4 Å². The smallest absolute Gasteiger partial charge is 0.253 e. The molecule has 5 heteroatoms. The van der Waals surface area contributed by atoms with Crippen LogP contribution < -0.4 is 5.32 Å². The molecule has 1 aliphatic heterocycles. The van der Waals surface area contributed by atoms with Crippen LogP contribution in [0.2, 0.25) is 5.02 Å². The Labute approximate surface area is 124 Å². The van der Waals surface area contributed by atoms with E-state index < -0.39 is 0 Å². The molecule has 1 aromatic rings. The fraction of sp³-hybridized carbons (Fsp3) is 0.467. The maximum Gasteiger partial charge on any atom is 0.253 e. The highest BCUT2D eigenvalue weighted by atomic mass is 35.5. The number of rotatable bonds is 3. The summed E-state index contributed by atoms with van der Waals surface area (Å²) >= 11 is 5.82. The number of carbonyl (C=O) groups is 2. The Kier molecular flexibility index (Phi) is 5.01. The zero-order valence-electron chi connectivity index (χ0n) is 11.6. The molecule has 0 radical (unpaired) electrons. The zero-order valence-corrected chi connectivity index (χ0v) is 12.3. The minimum absolute atomic E-state index is 0.0102. The van der Waals surface area contributed by atoms with Gasteiger partial charge in [-0.05, 0) is 44.0 Å². The van der Waals surface area contributed by atoms with Gasteiger partial charge in [0.05, 0.1) is 0 Å². The number of hydrogen-bond donors (Lipinski definition) is 1. The van der Waals surface area contributed by atoms with E-state index in [4.69, 9.17) is 11.6 Å². The van der Waals surface area contributed by atoms with Crippen molar-refractivity contribution in [3.8, 4) is 0 Å². The van der Waals surface area contributed by atoms with Crippen molar-refractivity contribution in [3.63, 3.8) is 0 Å². The molecule has 1 aliphatic rings. The number of nitrogens with one attached hydrogen (secondary N) is 1. The van der Waals surface area contributed by atoms with Crippen LogP contribution in [-0.4, -0.2) is 36.3 Å². The van der Waals surface area contributed by atoms with Crippen LogP contribution in [0.4, 0.5) is 0 Å². The number of nitrogens with zero attached hydrogens (tertiary/aromatic N) is 1. The molecule has 1 fully saturated rings. The maximum atomic E-state index is 12.3. The van der Waals surface area contributed by atoms with Gasteiger partial charge in [0.2, 0.25) is 5.91 Å². The second-order valence-electron chi connectivity index (χ2n) is 4.97. The number of carbonyl (C=O) groups excluding carboxylic acids is 2. The standard InChI is InChI=1S/C15H19ClN2O2/c1-2-17-14(19)11-7-9-18(10-8-11)15(20)12-3-5-13(16)6-4-12/h3-6,11H,2,7-10H2,1H3,(H,17,19). The van der Waals surface area contributed by atoms with Gasteiger partial charge in [-0.2, -0.15) is 0 Å². The fourth-order valence-corrected chi connectivity index (χ4v) is 2.56. The molecule has 0 spiro atoms. The molecule has 4 nitrogen and oxygen atoms in total. The number of amides is 2. The molecular formula is C15H19ClN2O2. The van der Waals surface area contributed by atoms with Crippen molar-refractivity contribution in [3.05, 3.63) is 34.9 Å². The molecule has 1 aromatic carbocycles. The molecule has 108 valence electrons. The van der Waals surface area contributed by atoms with Crippen LogP contribution in [0.15, 0.2) is 24.3 Å². The monoisotopic (exact) mass is 294 g/mol. The Hall–Kier alpha value is -1.55. The number of likely N-dealkylation sites (tertiary alicyclic amines) is 1. The average Bonchev–Trinajstić information content (AvgIpc) is 2.48. The maximum absolute atomic E-state index is 12.3. The van der Waals surface area contributed by atoms with Gasteiger partial charge in [0.15, 0.2) is 0 Å². The Balaban J connectivity index is 1.92. The average molecular weight is 295 g/mol. The van der Waals surface area contributed by atoms with Gasteiger partial charge >= 0.3 is 0 Å². The molecule has 0 atom stereocenters. The lowest BCUT2D eigenvalue weighted by Crippen LogP contribution is -2.43. The van der Waals surface area contributed by atoms with Gasteiger partial charge in [0.25, 0.3) is 5.91 Å². The highest BCUT2D eigenvalue weighted by molar-refractivity contribution is 6.30. The van der Waals surface area contributed by atoms with Gasteiger partial charge in [0, 0.05) is 36.1 Å². The summed E-state index contributed by atoms with van der Waals surface area (Å²) in [5.41, 5.74) is 0.644. The second-order valence-corrected chi connectivity index (χ2v) is 5.40. The molecule has 2 amide bonds. The van der Waals surface area contributed by atoms with Gasteiger partial charge < -0.3 is 10.2 Å².